The lowest BCUT2D eigenvalue weighted by Gasteiger charge is -2.26. The van der Waals surface area contributed by atoms with Crippen molar-refractivity contribution >= 4 is 23.4 Å². The summed E-state index contributed by atoms with van der Waals surface area (Å²) in [6.07, 6.45) is 0.908. The maximum Gasteiger partial charge on any atom is 0.214 e. The van der Waals surface area contributed by atoms with Crippen LogP contribution in [0, 0.1) is 0 Å². The lowest BCUT2D eigenvalue weighted by Crippen LogP contribution is -2.25. The van der Waals surface area contributed by atoms with E-state index in [0.717, 1.165) is 40.1 Å². The van der Waals surface area contributed by atoms with E-state index in [9.17, 15) is 4.79 Å². The van der Waals surface area contributed by atoms with E-state index in [1.165, 1.54) is 0 Å². The van der Waals surface area contributed by atoms with Crippen molar-refractivity contribution < 1.29 is 9.63 Å². The highest BCUT2D eigenvalue weighted by atomic mass is 16.7. The minimum absolute atomic E-state index is 0.116. The summed E-state index contributed by atoms with van der Waals surface area (Å²) >= 11 is 0. The topological polar surface area (TPSA) is 32.8 Å². The van der Waals surface area contributed by atoms with Crippen LogP contribution in [0.25, 0.3) is 11.3 Å². The number of likely N-dealkylation sites (N-methyl/N-ethyl adjacent to an activating group) is 1. The molecule has 2 heterocycles. The quantitative estimate of drug-likeness (QED) is 0.758. The van der Waals surface area contributed by atoms with Crippen LogP contribution in [0.3, 0.4) is 0 Å². The van der Waals surface area contributed by atoms with Gasteiger partial charge in [-0.2, -0.15) is 0 Å². The summed E-state index contributed by atoms with van der Waals surface area (Å²) in [6.45, 7) is 2.66. The van der Waals surface area contributed by atoms with E-state index in [1.807, 2.05) is 42.4 Å². The number of hydrogen-bond donors (Lipinski definition) is 0. The smallest absolute Gasteiger partial charge is 0.214 e. The molecule has 0 aromatic heterocycles. The summed E-state index contributed by atoms with van der Waals surface area (Å²) < 4.78 is 0. The van der Waals surface area contributed by atoms with Crippen molar-refractivity contribution in [2.24, 2.45) is 0 Å². The lowest BCUT2D eigenvalue weighted by atomic mass is 9.91. The number of carbonyl (C=O) groups is 1. The van der Waals surface area contributed by atoms with Gasteiger partial charge in [-0.25, -0.2) is 0 Å². The number of fused-ring (bicyclic) bond motifs is 4. The number of rotatable bonds is 1. The molecule has 1 amide bonds. The van der Waals surface area contributed by atoms with Gasteiger partial charge in [0.1, 0.15) is 0 Å². The molecule has 4 rings (SSSR count). The van der Waals surface area contributed by atoms with Crippen molar-refractivity contribution in [1.82, 2.24) is 5.06 Å². The van der Waals surface area contributed by atoms with E-state index >= 15 is 0 Å². The van der Waals surface area contributed by atoms with Crippen molar-refractivity contribution in [1.29, 1.82) is 0 Å². The fraction of sp³-hybridized carbons (Fsp3) is 0.211. The zero-order valence-corrected chi connectivity index (χ0v) is 13.2. The summed E-state index contributed by atoms with van der Waals surface area (Å²) in [4.78, 5) is 19.5. The van der Waals surface area contributed by atoms with E-state index in [0.29, 0.717) is 6.54 Å². The monoisotopic (exact) mass is 306 g/mol. The number of hydrogen-bond acceptors (Lipinski definition) is 3. The molecule has 0 aliphatic carbocycles. The third-order valence-corrected chi connectivity index (χ3v) is 4.68. The molecule has 0 saturated carbocycles. The van der Waals surface area contributed by atoms with Crippen molar-refractivity contribution in [3.63, 3.8) is 0 Å². The zero-order chi connectivity index (χ0) is 16.0. The number of hydroxylamine groups is 2. The average Bonchev–Trinajstić information content (AvgIpc) is 2.86. The van der Waals surface area contributed by atoms with Gasteiger partial charge in [0.25, 0.3) is 0 Å². The first kappa shape index (κ1) is 14.0. The van der Waals surface area contributed by atoms with Gasteiger partial charge in [0.15, 0.2) is 5.76 Å². The first-order valence-electron chi connectivity index (χ1n) is 7.75. The first-order chi connectivity index (χ1) is 11.2. The van der Waals surface area contributed by atoms with Crippen molar-refractivity contribution in [3.05, 3.63) is 65.2 Å². The Bertz CT molecular complexity index is 813. The highest BCUT2D eigenvalue weighted by Crippen LogP contribution is 2.44. The maximum atomic E-state index is 11.7. The van der Waals surface area contributed by atoms with Gasteiger partial charge in [-0.1, -0.05) is 42.5 Å². The molecule has 1 unspecified atom stereocenters. The van der Waals surface area contributed by atoms with E-state index in [4.69, 9.17) is 4.84 Å². The number of nitrogens with zero attached hydrogens (tertiary/aromatic N) is 2. The standard InChI is InChI=1S/C19H18N2O2/c1-13-18-16-9-5-6-10-17(16)21(12-22)11-14-7-3-4-8-15(14)19(18)23-20(13)2/h3-10,12-13H,11H2,1-2H3. The van der Waals surface area contributed by atoms with Crippen molar-refractivity contribution in [3.8, 4) is 0 Å². The predicted molar refractivity (Wildman–Crippen MR) is 90.3 cm³/mol. The highest BCUT2D eigenvalue weighted by molar-refractivity contribution is 5.98. The van der Waals surface area contributed by atoms with Gasteiger partial charge in [-0.3, -0.25) is 4.79 Å². The summed E-state index contributed by atoms with van der Waals surface area (Å²) in [5.74, 6) is 0.897. The van der Waals surface area contributed by atoms with Gasteiger partial charge in [0, 0.05) is 23.7 Å². The molecular weight excluding hydrogens is 288 g/mol. The fourth-order valence-corrected chi connectivity index (χ4v) is 3.38. The van der Waals surface area contributed by atoms with E-state index in [-0.39, 0.29) is 6.04 Å². The second-order valence-corrected chi connectivity index (χ2v) is 5.96. The number of benzene rings is 2. The maximum absolute atomic E-state index is 11.7. The molecule has 116 valence electrons. The molecule has 2 aromatic carbocycles. The van der Waals surface area contributed by atoms with Crippen molar-refractivity contribution in [2.45, 2.75) is 19.5 Å². The van der Waals surface area contributed by atoms with Crippen LogP contribution in [-0.4, -0.2) is 24.6 Å². The third-order valence-electron chi connectivity index (χ3n) is 4.68. The van der Waals surface area contributed by atoms with Crippen LogP contribution >= 0.6 is 0 Å². The summed E-state index contributed by atoms with van der Waals surface area (Å²) in [5, 5.41) is 1.87. The molecule has 0 fully saturated rings. The molecule has 2 aromatic rings. The second kappa shape index (κ2) is 5.25. The number of amides is 1. The number of para-hydroxylation sites is 1. The zero-order valence-electron chi connectivity index (χ0n) is 13.2. The van der Waals surface area contributed by atoms with Gasteiger partial charge in [-0.15, -0.1) is 5.06 Å². The SMILES string of the molecule is CC1C2=C(ON1C)c1ccccc1CN(C=O)c1ccccc12. The highest BCUT2D eigenvalue weighted by Gasteiger charge is 2.35. The Balaban J connectivity index is 2.06. The second-order valence-electron chi connectivity index (χ2n) is 5.96. The Morgan fingerprint density at radius 1 is 1.09 bits per heavy atom. The number of carbonyl (C=O) groups excluding carboxylic acids is 1. The molecule has 4 heteroatoms. The van der Waals surface area contributed by atoms with Gasteiger partial charge in [0.05, 0.1) is 18.3 Å². The molecule has 2 aliphatic heterocycles. The Kier molecular flexibility index (Phi) is 3.20. The normalized spacial score (nSPS) is 20.1. The summed E-state index contributed by atoms with van der Waals surface area (Å²) in [7, 11) is 1.94. The lowest BCUT2D eigenvalue weighted by molar-refractivity contribution is -0.107. The summed E-state index contributed by atoms with van der Waals surface area (Å²) in [5.41, 5.74) is 5.25. The number of anilines is 1. The van der Waals surface area contributed by atoms with Gasteiger partial charge in [0.2, 0.25) is 6.41 Å². The molecule has 0 bridgehead atoms. The average molecular weight is 306 g/mol. The first-order valence-corrected chi connectivity index (χ1v) is 7.75. The Labute approximate surface area is 135 Å². The van der Waals surface area contributed by atoms with E-state index in [2.05, 4.69) is 25.1 Å². The van der Waals surface area contributed by atoms with Crippen LogP contribution in [0.5, 0.6) is 0 Å². The van der Waals surface area contributed by atoms with Crippen LogP contribution < -0.4 is 4.90 Å². The summed E-state index contributed by atoms with van der Waals surface area (Å²) in [6, 6.07) is 16.3. The van der Waals surface area contributed by atoms with Gasteiger partial charge < -0.3 is 9.74 Å². The Hall–Kier alpha value is -2.59. The molecular formula is C19H18N2O2. The molecule has 23 heavy (non-hydrogen) atoms. The minimum Gasteiger partial charge on any atom is -0.405 e. The molecule has 0 saturated heterocycles. The Morgan fingerprint density at radius 3 is 2.57 bits per heavy atom. The van der Waals surface area contributed by atoms with Gasteiger partial charge >= 0.3 is 0 Å². The molecule has 0 radical (unpaired) electrons. The molecule has 0 spiro atoms. The molecule has 2 aliphatic rings. The fourth-order valence-electron chi connectivity index (χ4n) is 3.38. The van der Waals surface area contributed by atoms with Gasteiger partial charge in [-0.05, 0) is 18.6 Å². The van der Waals surface area contributed by atoms with Crippen LogP contribution in [-0.2, 0) is 16.2 Å². The molecule has 1 atom stereocenters. The Morgan fingerprint density at radius 2 is 1.78 bits per heavy atom. The minimum atomic E-state index is 0.116. The van der Waals surface area contributed by atoms with Crippen LogP contribution in [0.1, 0.15) is 23.6 Å². The largest absolute Gasteiger partial charge is 0.405 e. The van der Waals surface area contributed by atoms with Crippen LogP contribution in [0.15, 0.2) is 48.5 Å². The molecule has 0 N–H and O–H groups in total. The molecule has 4 nitrogen and oxygen atoms in total. The van der Waals surface area contributed by atoms with E-state index < -0.39 is 0 Å². The third kappa shape index (κ3) is 2.06. The van der Waals surface area contributed by atoms with Crippen LogP contribution in [0.2, 0.25) is 0 Å². The van der Waals surface area contributed by atoms with Crippen LogP contribution in [0.4, 0.5) is 5.69 Å². The van der Waals surface area contributed by atoms with Crippen molar-refractivity contribution in [2.75, 3.05) is 11.9 Å². The van der Waals surface area contributed by atoms with E-state index in [1.54, 1.807) is 4.90 Å². The predicted octanol–water partition coefficient (Wildman–Crippen LogP) is 3.30.